The number of hydrogen-bond donors (Lipinski definition) is 2. The third-order valence-corrected chi connectivity index (χ3v) is 12.6. The van der Waals surface area contributed by atoms with Gasteiger partial charge in [-0.05, 0) is 83.0 Å². The molecule has 8 heterocycles. The van der Waals surface area contributed by atoms with Gasteiger partial charge < -0.3 is 33.1 Å². The van der Waals surface area contributed by atoms with E-state index in [4.69, 9.17) is 23.8 Å². The first-order valence-electron chi connectivity index (χ1n) is 22.1. The van der Waals surface area contributed by atoms with E-state index >= 15 is 8.78 Å². The number of rotatable bonds is 12. The van der Waals surface area contributed by atoms with Crippen molar-refractivity contribution in [3.63, 3.8) is 0 Å². The maximum atomic E-state index is 15.7. The molecular weight excluding hydrogens is 883 g/mol. The van der Waals surface area contributed by atoms with E-state index < -0.39 is 35.5 Å². The van der Waals surface area contributed by atoms with Gasteiger partial charge in [-0.3, -0.25) is 24.7 Å². The summed E-state index contributed by atoms with van der Waals surface area (Å²) in [6.07, 6.45) is 8.23. The summed E-state index contributed by atoms with van der Waals surface area (Å²) in [6, 6.07) is 22.5. The molecule has 8 aromatic heterocycles. The number of pyridine rings is 4. The number of aromatic nitrogens is 8. The van der Waals surface area contributed by atoms with Crippen LogP contribution in [0.1, 0.15) is 77.6 Å². The van der Waals surface area contributed by atoms with Gasteiger partial charge in [-0.2, -0.15) is 0 Å². The largest absolute Gasteiger partial charge is 0.426 e. The van der Waals surface area contributed by atoms with Crippen LogP contribution in [0.2, 0.25) is 0 Å². The van der Waals surface area contributed by atoms with E-state index in [0.29, 0.717) is 39.5 Å². The lowest BCUT2D eigenvalue weighted by Gasteiger charge is -2.16. The molecule has 0 radical (unpaired) electrons. The number of carbonyl (C=O) groups excluding carboxylic acids is 1. The van der Waals surface area contributed by atoms with E-state index in [9.17, 15) is 15.0 Å². The standard InChI is InChI=1S/C53H44F2N8O6/c1-27-47(31(5)68-60-27)35-20-44-51(58-23-35)40(25-62(44)29(3)42-12-7-8-16-56-42)34-11-9-10-33(18-34)19-46(64)67-37-15-17-57-43(22-37)30(4)63-26-41(38-13-14-39(53(65)66)50(55)49(38)54)52-45(63)21-36(24-59-52)48-28(2)61-69-32(48)6/h7-18,20-26,29-30,53,65-66H,19H2,1-6H3/t29-,30-/m0/s1. The van der Waals surface area contributed by atoms with Gasteiger partial charge in [0.15, 0.2) is 17.9 Å². The Morgan fingerprint density at radius 1 is 0.652 bits per heavy atom. The molecule has 0 spiro atoms. The molecule has 0 fully saturated rings. The molecule has 2 aromatic carbocycles. The molecule has 10 aromatic rings. The summed E-state index contributed by atoms with van der Waals surface area (Å²) >= 11 is 0. The average molecular weight is 927 g/mol. The van der Waals surface area contributed by atoms with Crippen molar-refractivity contribution in [2.75, 3.05) is 0 Å². The van der Waals surface area contributed by atoms with Crippen LogP contribution in [0.3, 0.4) is 0 Å². The number of fused-ring (bicyclic) bond motifs is 2. The number of ether oxygens (including phenoxy) is 1. The highest BCUT2D eigenvalue weighted by Gasteiger charge is 2.26. The molecule has 0 unspecified atom stereocenters. The highest BCUT2D eigenvalue weighted by Crippen LogP contribution is 2.40. The second-order valence-corrected chi connectivity index (χ2v) is 17.1. The molecule has 0 aliphatic carbocycles. The third-order valence-electron chi connectivity index (χ3n) is 12.6. The van der Waals surface area contributed by atoms with Gasteiger partial charge in [0.1, 0.15) is 17.3 Å². The van der Waals surface area contributed by atoms with Crippen LogP contribution in [-0.2, 0) is 11.2 Å². The first-order chi connectivity index (χ1) is 33.2. The Balaban J connectivity index is 0.948. The van der Waals surface area contributed by atoms with Crippen molar-refractivity contribution in [2.45, 2.75) is 66.3 Å². The zero-order chi connectivity index (χ0) is 48.2. The zero-order valence-electron chi connectivity index (χ0n) is 38.3. The summed E-state index contributed by atoms with van der Waals surface area (Å²) in [4.78, 5) is 32.7. The Hall–Kier alpha value is -8.21. The number of hydrogen-bond acceptors (Lipinski definition) is 12. The lowest BCUT2D eigenvalue weighted by atomic mass is 10.0. The summed E-state index contributed by atoms with van der Waals surface area (Å²) in [5, 5.41) is 27.5. The molecule has 0 amide bonds. The van der Waals surface area contributed by atoms with Gasteiger partial charge in [0.25, 0.3) is 0 Å². The van der Waals surface area contributed by atoms with Crippen LogP contribution in [0, 0.1) is 39.3 Å². The average Bonchev–Trinajstić information content (AvgIpc) is 4.11. The van der Waals surface area contributed by atoms with Gasteiger partial charge in [0.2, 0.25) is 0 Å². The summed E-state index contributed by atoms with van der Waals surface area (Å²) in [6.45, 7) is 11.4. The van der Waals surface area contributed by atoms with E-state index in [1.54, 1.807) is 37.6 Å². The van der Waals surface area contributed by atoms with Crippen LogP contribution in [0.15, 0.2) is 125 Å². The van der Waals surface area contributed by atoms with Gasteiger partial charge in [-0.15, -0.1) is 0 Å². The number of esters is 1. The molecular formula is C53H44F2N8O6. The topological polar surface area (TPSA) is 180 Å². The Kier molecular flexibility index (Phi) is 11.5. The van der Waals surface area contributed by atoms with Gasteiger partial charge in [0.05, 0.1) is 63.3 Å². The van der Waals surface area contributed by atoms with Gasteiger partial charge >= 0.3 is 5.97 Å². The number of aliphatic hydroxyl groups is 2. The van der Waals surface area contributed by atoms with E-state index in [0.717, 1.165) is 61.9 Å². The minimum atomic E-state index is -2.21. The van der Waals surface area contributed by atoms with Gasteiger partial charge in [-0.1, -0.05) is 52.8 Å². The predicted octanol–water partition coefficient (Wildman–Crippen LogP) is 10.7. The lowest BCUT2D eigenvalue weighted by molar-refractivity contribution is -0.133. The predicted molar refractivity (Wildman–Crippen MR) is 253 cm³/mol. The molecule has 0 bridgehead atoms. The van der Waals surface area contributed by atoms with Crippen LogP contribution in [0.25, 0.3) is 66.6 Å². The Bertz CT molecular complexity index is 3560. The molecule has 16 heteroatoms. The normalized spacial score (nSPS) is 12.6. The number of carbonyl (C=O) groups is 1. The maximum Gasteiger partial charge on any atom is 0.315 e. The van der Waals surface area contributed by atoms with Crippen molar-refractivity contribution < 1.29 is 37.6 Å². The molecule has 69 heavy (non-hydrogen) atoms. The van der Waals surface area contributed by atoms with Crippen molar-refractivity contribution in [3.8, 4) is 50.3 Å². The van der Waals surface area contributed by atoms with E-state index in [2.05, 4.69) is 44.0 Å². The summed E-state index contributed by atoms with van der Waals surface area (Å²) in [5.74, 6) is -1.60. The first kappa shape index (κ1) is 44.6. The van der Waals surface area contributed by atoms with Gasteiger partial charge in [0, 0.05) is 87.8 Å². The highest BCUT2D eigenvalue weighted by molar-refractivity contribution is 5.97. The van der Waals surface area contributed by atoms with E-state index in [1.807, 2.05) is 87.0 Å². The van der Waals surface area contributed by atoms with Crippen molar-refractivity contribution in [2.24, 2.45) is 0 Å². The van der Waals surface area contributed by atoms with Crippen molar-refractivity contribution in [1.29, 1.82) is 0 Å². The Morgan fingerprint density at radius 2 is 1.28 bits per heavy atom. The van der Waals surface area contributed by atoms with Gasteiger partial charge in [-0.25, -0.2) is 8.78 Å². The Morgan fingerprint density at radius 3 is 1.88 bits per heavy atom. The maximum absolute atomic E-state index is 15.7. The van der Waals surface area contributed by atoms with Crippen molar-refractivity contribution >= 4 is 28.0 Å². The quantitative estimate of drug-likeness (QED) is 0.0876. The van der Waals surface area contributed by atoms with Crippen LogP contribution in [0.5, 0.6) is 5.75 Å². The smallest absolute Gasteiger partial charge is 0.315 e. The third kappa shape index (κ3) is 8.12. The fraction of sp³-hybridized carbons (Fsp3) is 0.189. The summed E-state index contributed by atoms with van der Waals surface area (Å²) in [5.41, 5.74) is 10.6. The van der Waals surface area contributed by atoms with Crippen LogP contribution in [-0.4, -0.2) is 55.6 Å². The molecule has 0 aliphatic heterocycles. The fourth-order valence-corrected chi connectivity index (χ4v) is 9.15. The minimum absolute atomic E-state index is 0.0381. The number of nitrogens with zero attached hydrogens (tertiary/aromatic N) is 8. The molecule has 2 N–H and O–H groups in total. The second kappa shape index (κ2) is 17.8. The number of benzene rings is 2. The van der Waals surface area contributed by atoms with Crippen LogP contribution >= 0.6 is 0 Å². The van der Waals surface area contributed by atoms with E-state index in [-0.39, 0.29) is 29.3 Å². The molecule has 14 nitrogen and oxygen atoms in total. The Labute approximate surface area is 393 Å². The molecule has 10 rings (SSSR count). The summed E-state index contributed by atoms with van der Waals surface area (Å²) < 4.78 is 51.7. The van der Waals surface area contributed by atoms with E-state index in [1.165, 1.54) is 12.3 Å². The lowest BCUT2D eigenvalue weighted by Crippen LogP contribution is -2.13. The zero-order valence-corrected chi connectivity index (χ0v) is 38.3. The first-order valence-corrected chi connectivity index (χ1v) is 22.1. The van der Waals surface area contributed by atoms with Crippen molar-refractivity contribution in [3.05, 3.63) is 173 Å². The molecule has 0 saturated carbocycles. The molecule has 0 saturated heterocycles. The van der Waals surface area contributed by atoms with Crippen LogP contribution in [0.4, 0.5) is 8.78 Å². The SMILES string of the molecule is Cc1noc(C)c1-c1cnc2c(-c3cccc(CC(=O)Oc4ccnc([C@H](C)n5cc(-c6ccc(C(O)O)c(F)c6F)c6ncc(-c7c(C)noc7C)cc65)c4)c3)cn([C@@H](C)c3ccccn3)c2c1. The highest BCUT2D eigenvalue weighted by atomic mass is 19.2. The summed E-state index contributed by atoms with van der Waals surface area (Å²) in [7, 11) is 0. The fourth-order valence-electron chi connectivity index (χ4n) is 9.15. The number of aryl methyl sites for hydroxylation is 4. The number of aliphatic hydroxyl groups excluding tert-OH is 1. The molecule has 2 atom stereocenters. The van der Waals surface area contributed by atoms with Crippen LogP contribution < -0.4 is 4.74 Å². The molecule has 346 valence electrons. The van der Waals surface area contributed by atoms with Crippen molar-refractivity contribution in [1.82, 2.24) is 39.4 Å². The molecule has 0 aliphatic rings. The second-order valence-electron chi connectivity index (χ2n) is 17.1. The number of halogens is 2. The minimum Gasteiger partial charge on any atom is -0.426 e. The monoisotopic (exact) mass is 926 g/mol.